The largest absolute Gasteiger partial charge is 0.493 e. The highest BCUT2D eigenvalue weighted by Crippen LogP contribution is 2.40. The van der Waals surface area contributed by atoms with Crippen molar-refractivity contribution in [2.75, 3.05) is 18.1 Å². The van der Waals surface area contributed by atoms with E-state index in [2.05, 4.69) is 16.0 Å². The first kappa shape index (κ1) is 23.3. The molecule has 1 unspecified atom stereocenters. The predicted molar refractivity (Wildman–Crippen MR) is 136 cm³/mol. The van der Waals surface area contributed by atoms with E-state index in [1.54, 1.807) is 6.20 Å². The Morgan fingerprint density at radius 3 is 2.41 bits per heavy atom. The average molecular weight is 458 g/mol. The quantitative estimate of drug-likeness (QED) is 0.462. The summed E-state index contributed by atoms with van der Waals surface area (Å²) in [6.45, 7) is 4.93. The molecule has 2 aromatic carbocycles. The van der Waals surface area contributed by atoms with Crippen molar-refractivity contribution in [2.45, 2.75) is 38.8 Å². The van der Waals surface area contributed by atoms with E-state index < -0.39 is 0 Å². The molecular weight excluding hydrogens is 426 g/mol. The number of aromatic nitrogens is 2. The third-order valence-electron chi connectivity index (χ3n) is 5.67. The summed E-state index contributed by atoms with van der Waals surface area (Å²) in [5, 5.41) is 0. The maximum Gasteiger partial charge on any atom is 0.221 e. The van der Waals surface area contributed by atoms with E-state index in [1.807, 2.05) is 68.5 Å². The van der Waals surface area contributed by atoms with Crippen LogP contribution in [0.2, 0.25) is 0 Å². The van der Waals surface area contributed by atoms with Crippen LogP contribution in [0.5, 0.6) is 11.5 Å². The summed E-state index contributed by atoms with van der Waals surface area (Å²) in [5.74, 6) is 1.99. The number of nitrogens with two attached hydrogens (primary N) is 3. The van der Waals surface area contributed by atoms with Crippen molar-refractivity contribution in [2.24, 2.45) is 5.73 Å². The molecule has 176 valence electrons. The van der Waals surface area contributed by atoms with Gasteiger partial charge in [0, 0.05) is 23.7 Å². The highest BCUT2D eigenvalue weighted by molar-refractivity contribution is 5.83. The van der Waals surface area contributed by atoms with E-state index in [4.69, 9.17) is 26.7 Å². The maximum absolute atomic E-state index is 6.37. The first-order chi connectivity index (χ1) is 16.3. The Labute approximate surface area is 200 Å². The first-order valence-corrected chi connectivity index (χ1v) is 11.4. The average Bonchev–Trinajstić information content (AvgIpc) is 2.81. The van der Waals surface area contributed by atoms with Crippen LogP contribution in [0.3, 0.4) is 0 Å². The molecule has 1 aromatic heterocycles. The van der Waals surface area contributed by atoms with Gasteiger partial charge in [-0.15, -0.1) is 0 Å². The van der Waals surface area contributed by atoms with Crippen LogP contribution in [0.4, 0.5) is 11.8 Å². The Morgan fingerprint density at radius 2 is 1.76 bits per heavy atom. The number of hydrogen-bond donors (Lipinski definition) is 3. The van der Waals surface area contributed by atoms with Crippen molar-refractivity contribution in [3.05, 3.63) is 89.1 Å². The molecule has 0 bridgehead atoms. The van der Waals surface area contributed by atoms with Crippen molar-refractivity contribution in [3.63, 3.8) is 0 Å². The zero-order chi connectivity index (χ0) is 24.1. The molecule has 0 saturated heterocycles. The Hall–Kier alpha value is -3.84. The molecule has 1 atom stereocenters. The van der Waals surface area contributed by atoms with Gasteiger partial charge < -0.3 is 26.7 Å². The Kier molecular flexibility index (Phi) is 6.84. The van der Waals surface area contributed by atoms with Gasteiger partial charge in [-0.05, 0) is 49.1 Å². The molecule has 7 heteroatoms. The fourth-order valence-corrected chi connectivity index (χ4v) is 3.87. The van der Waals surface area contributed by atoms with Gasteiger partial charge in [-0.1, -0.05) is 48.6 Å². The topological polar surface area (TPSA) is 122 Å². The van der Waals surface area contributed by atoms with E-state index in [9.17, 15) is 0 Å². The number of ether oxygens (including phenoxy) is 2. The molecular formula is C27H31N5O2. The van der Waals surface area contributed by atoms with Crippen LogP contribution in [0.1, 0.15) is 42.5 Å². The predicted octanol–water partition coefficient (Wildman–Crippen LogP) is 4.27. The summed E-state index contributed by atoms with van der Waals surface area (Å²) in [5.41, 5.74) is 22.4. The summed E-state index contributed by atoms with van der Waals surface area (Å²) in [6.07, 6.45) is 9.11. The molecule has 0 radical (unpaired) electrons. The molecule has 4 rings (SSSR count). The van der Waals surface area contributed by atoms with Gasteiger partial charge in [0.25, 0.3) is 0 Å². The fraction of sp³-hybridized carbons (Fsp3) is 0.259. The van der Waals surface area contributed by atoms with Gasteiger partial charge >= 0.3 is 0 Å². The van der Waals surface area contributed by atoms with Gasteiger partial charge in [-0.2, -0.15) is 4.98 Å². The molecule has 6 N–H and O–H groups in total. The zero-order valence-electron chi connectivity index (χ0n) is 19.6. The minimum absolute atomic E-state index is 0.154. The zero-order valence-corrected chi connectivity index (χ0v) is 19.6. The minimum Gasteiger partial charge on any atom is -0.493 e. The van der Waals surface area contributed by atoms with Crippen molar-refractivity contribution in [3.8, 4) is 11.5 Å². The van der Waals surface area contributed by atoms with Gasteiger partial charge in [-0.25, -0.2) is 4.98 Å². The number of anilines is 2. The van der Waals surface area contributed by atoms with Crippen molar-refractivity contribution < 1.29 is 9.47 Å². The number of rotatable bonds is 8. The first-order valence-electron chi connectivity index (χ1n) is 11.4. The SMILES string of the molecule is CCOc1cc(Cc2cnc(N)nc2N)cc(OCc2ccccc2)c1C1=CCC(C)(N)C=C1. The van der Waals surface area contributed by atoms with Gasteiger partial charge in [-0.3, -0.25) is 0 Å². The van der Waals surface area contributed by atoms with Crippen LogP contribution < -0.4 is 26.7 Å². The number of nitrogen functional groups attached to an aromatic ring is 2. The Bertz CT molecular complexity index is 1220. The van der Waals surface area contributed by atoms with Crippen molar-refractivity contribution in [1.82, 2.24) is 9.97 Å². The summed E-state index contributed by atoms with van der Waals surface area (Å²) in [6, 6.07) is 14.1. The van der Waals surface area contributed by atoms with Crippen molar-refractivity contribution >= 4 is 17.3 Å². The molecule has 0 spiro atoms. The molecule has 34 heavy (non-hydrogen) atoms. The molecule has 0 fully saturated rings. The van der Waals surface area contributed by atoms with E-state index in [0.29, 0.717) is 25.5 Å². The van der Waals surface area contributed by atoms with Crippen LogP contribution in [0.25, 0.3) is 5.57 Å². The van der Waals surface area contributed by atoms with Gasteiger partial charge in [0.15, 0.2) is 0 Å². The maximum atomic E-state index is 6.37. The van der Waals surface area contributed by atoms with Gasteiger partial charge in [0.2, 0.25) is 5.95 Å². The van der Waals surface area contributed by atoms with E-state index in [0.717, 1.165) is 45.7 Å². The Balaban J connectivity index is 1.76. The van der Waals surface area contributed by atoms with Gasteiger partial charge in [0.05, 0.1) is 12.2 Å². The summed E-state index contributed by atoms with van der Waals surface area (Å²) in [4.78, 5) is 8.18. The van der Waals surface area contributed by atoms with Crippen LogP contribution in [0, 0.1) is 0 Å². The number of benzene rings is 2. The molecule has 0 amide bonds. The smallest absolute Gasteiger partial charge is 0.221 e. The molecule has 1 aliphatic carbocycles. The van der Waals surface area contributed by atoms with Crippen LogP contribution >= 0.6 is 0 Å². The molecule has 1 heterocycles. The van der Waals surface area contributed by atoms with Gasteiger partial charge in [0.1, 0.15) is 23.9 Å². The fourth-order valence-electron chi connectivity index (χ4n) is 3.87. The Morgan fingerprint density at radius 1 is 1.03 bits per heavy atom. The normalized spacial score (nSPS) is 17.3. The third-order valence-corrected chi connectivity index (χ3v) is 5.67. The molecule has 3 aromatic rings. The standard InChI is InChI=1S/C27H31N5O2/c1-3-33-22-14-19(13-21-16-31-26(29)32-25(21)28)15-23(34-17-18-7-5-4-6-8-18)24(22)20-9-11-27(2,30)12-10-20/h4-11,14-16H,3,12-13,17,30H2,1-2H3,(H4,28,29,31,32). The third kappa shape index (κ3) is 5.55. The highest BCUT2D eigenvalue weighted by atomic mass is 16.5. The summed E-state index contributed by atoms with van der Waals surface area (Å²) >= 11 is 0. The molecule has 0 saturated carbocycles. The highest BCUT2D eigenvalue weighted by Gasteiger charge is 2.22. The lowest BCUT2D eigenvalue weighted by Crippen LogP contribution is -2.33. The van der Waals surface area contributed by atoms with E-state index >= 15 is 0 Å². The summed E-state index contributed by atoms with van der Waals surface area (Å²) in [7, 11) is 0. The lowest BCUT2D eigenvalue weighted by Gasteiger charge is -2.25. The monoisotopic (exact) mass is 457 g/mol. The van der Waals surface area contributed by atoms with Crippen LogP contribution in [0.15, 0.2) is 66.9 Å². The van der Waals surface area contributed by atoms with Crippen LogP contribution in [-0.4, -0.2) is 22.1 Å². The number of hydrogen-bond acceptors (Lipinski definition) is 7. The molecule has 7 nitrogen and oxygen atoms in total. The van der Waals surface area contributed by atoms with E-state index in [1.165, 1.54) is 0 Å². The van der Waals surface area contributed by atoms with Crippen LogP contribution in [-0.2, 0) is 13.0 Å². The number of nitrogens with zero attached hydrogens (tertiary/aromatic N) is 2. The second kappa shape index (κ2) is 9.97. The minimum atomic E-state index is -0.368. The van der Waals surface area contributed by atoms with E-state index in [-0.39, 0.29) is 11.5 Å². The molecule has 1 aliphatic rings. The number of allylic oxidation sites excluding steroid dienone is 2. The molecule has 0 aliphatic heterocycles. The second-order valence-corrected chi connectivity index (χ2v) is 8.69. The van der Waals surface area contributed by atoms with Crippen molar-refractivity contribution in [1.29, 1.82) is 0 Å². The lowest BCUT2D eigenvalue weighted by molar-refractivity contribution is 0.297. The lowest BCUT2D eigenvalue weighted by atomic mass is 9.88. The second-order valence-electron chi connectivity index (χ2n) is 8.69. The summed E-state index contributed by atoms with van der Waals surface area (Å²) < 4.78 is 12.5.